The molecule has 1 atom stereocenters. The van der Waals surface area contributed by atoms with Crippen LogP contribution in [0.3, 0.4) is 0 Å². The maximum absolute atomic E-state index is 12.6. The van der Waals surface area contributed by atoms with E-state index in [2.05, 4.69) is 5.16 Å². The molecule has 1 heterocycles. The van der Waals surface area contributed by atoms with E-state index < -0.39 is 15.9 Å². The van der Waals surface area contributed by atoms with E-state index in [0.717, 1.165) is 5.56 Å². The third kappa shape index (κ3) is 4.23. The maximum atomic E-state index is 12.6. The highest BCUT2D eigenvalue weighted by Crippen LogP contribution is 2.20. The second-order valence-electron chi connectivity index (χ2n) is 5.58. The molecule has 0 saturated carbocycles. The molecule has 1 aromatic heterocycles. The van der Waals surface area contributed by atoms with Crippen molar-refractivity contribution < 1.29 is 17.7 Å². The predicted octanol–water partition coefficient (Wildman–Crippen LogP) is 2.63. The molecule has 130 valence electrons. The van der Waals surface area contributed by atoms with Gasteiger partial charge in [-0.3, -0.25) is 4.79 Å². The Kier molecular flexibility index (Phi) is 5.77. The van der Waals surface area contributed by atoms with E-state index in [-0.39, 0.29) is 23.2 Å². The zero-order valence-corrected chi connectivity index (χ0v) is 14.9. The fraction of sp³-hybridized carbons (Fsp3) is 0.412. The summed E-state index contributed by atoms with van der Waals surface area (Å²) in [4.78, 5) is 14.1. The van der Waals surface area contributed by atoms with Gasteiger partial charge in [-0.05, 0) is 13.8 Å². The van der Waals surface area contributed by atoms with Crippen molar-refractivity contribution in [1.29, 1.82) is 0 Å². The van der Waals surface area contributed by atoms with E-state index in [4.69, 9.17) is 4.52 Å². The van der Waals surface area contributed by atoms with Gasteiger partial charge in [0.05, 0.1) is 5.75 Å². The third-order valence-corrected chi connectivity index (χ3v) is 5.73. The van der Waals surface area contributed by atoms with Gasteiger partial charge in [0.2, 0.25) is 5.76 Å². The highest BCUT2D eigenvalue weighted by atomic mass is 32.2. The lowest BCUT2D eigenvalue weighted by Crippen LogP contribution is -2.42. The molecule has 0 bridgehead atoms. The minimum Gasteiger partial charge on any atom is -0.350 e. The normalized spacial score (nSPS) is 12.8. The van der Waals surface area contributed by atoms with Crippen LogP contribution in [0.5, 0.6) is 0 Å². The van der Waals surface area contributed by atoms with E-state index in [9.17, 15) is 13.2 Å². The average molecular weight is 350 g/mol. The molecule has 1 amide bonds. The first kappa shape index (κ1) is 18.2. The summed E-state index contributed by atoms with van der Waals surface area (Å²) < 4.78 is 28.8. The second-order valence-corrected chi connectivity index (χ2v) is 7.98. The van der Waals surface area contributed by atoms with Crippen LogP contribution in [-0.4, -0.2) is 48.5 Å². The Hall–Kier alpha value is -2.15. The smallest absolute Gasteiger partial charge is 0.292 e. The van der Waals surface area contributed by atoms with Gasteiger partial charge in [0.1, 0.15) is 5.69 Å². The second kappa shape index (κ2) is 7.61. The largest absolute Gasteiger partial charge is 0.350 e. The van der Waals surface area contributed by atoms with Crippen LogP contribution in [0, 0.1) is 0 Å². The molecular formula is C17H22N2O4S. The molecule has 0 fully saturated rings. The molecular weight excluding hydrogens is 328 g/mol. The number of amides is 1. The first-order valence-electron chi connectivity index (χ1n) is 7.91. The fourth-order valence-electron chi connectivity index (χ4n) is 2.49. The number of hydrogen-bond donors (Lipinski definition) is 0. The van der Waals surface area contributed by atoms with Crippen LogP contribution in [0.1, 0.15) is 31.3 Å². The van der Waals surface area contributed by atoms with Crippen LogP contribution in [0.25, 0.3) is 11.3 Å². The Balaban J connectivity index is 2.19. The van der Waals surface area contributed by atoms with Gasteiger partial charge in [-0.15, -0.1) is 0 Å². The van der Waals surface area contributed by atoms with Gasteiger partial charge in [-0.1, -0.05) is 42.4 Å². The summed E-state index contributed by atoms with van der Waals surface area (Å²) in [6.45, 7) is 5.52. The Morgan fingerprint density at radius 2 is 1.92 bits per heavy atom. The highest BCUT2D eigenvalue weighted by molar-refractivity contribution is 7.91. The lowest BCUT2D eigenvalue weighted by atomic mass is 10.1. The third-order valence-electron chi connectivity index (χ3n) is 3.86. The standard InChI is InChI=1S/C17H22N2O4S/c1-4-19(13(3)12-24(21,22)5-2)17(20)16-11-15(18-23-16)14-9-7-6-8-10-14/h6-11,13H,4-5,12H2,1-3H3. The predicted molar refractivity (Wildman–Crippen MR) is 92.4 cm³/mol. The van der Waals surface area contributed by atoms with Gasteiger partial charge in [-0.2, -0.15) is 0 Å². The first-order valence-corrected chi connectivity index (χ1v) is 9.73. The van der Waals surface area contributed by atoms with Crippen LogP contribution >= 0.6 is 0 Å². The molecule has 7 heteroatoms. The van der Waals surface area contributed by atoms with E-state index in [1.54, 1.807) is 26.8 Å². The van der Waals surface area contributed by atoms with E-state index in [0.29, 0.717) is 12.2 Å². The van der Waals surface area contributed by atoms with Crippen LogP contribution in [-0.2, 0) is 9.84 Å². The van der Waals surface area contributed by atoms with Crippen molar-refractivity contribution in [2.75, 3.05) is 18.1 Å². The topological polar surface area (TPSA) is 80.5 Å². The van der Waals surface area contributed by atoms with Crippen LogP contribution < -0.4 is 0 Å². The number of carbonyl (C=O) groups is 1. The lowest BCUT2D eigenvalue weighted by molar-refractivity contribution is 0.0676. The van der Waals surface area contributed by atoms with Crippen molar-refractivity contribution in [2.45, 2.75) is 26.8 Å². The first-order chi connectivity index (χ1) is 11.4. The van der Waals surface area contributed by atoms with Crippen molar-refractivity contribution in [1.82, 2.24) is 10.1 Å². The van der Waals surface area contributed by atoms with Crippen molar-refractivity contribution >= 4 is 15.7 Å². The number of hydrogen-bond acceptors (Lipinski definition) is 5. The molecule has 0 spiro atoms. The van der Waals surface area contributed by atoms with Gasteiger partial charge < -0.3 is 9.42 Å². The number of aromatic nitrogens is 1. The Labute approximate surface area is 142 Å². The quantitative estimate of drug-likeness (QED) is 0.767. The van der Waals surface area contributed by atoms with Gasteiger partial charge in [0, 0.05) is 30.0 Å². The molecule has 2 aromatic rings. The summed E-state index contributed by atoms with van der Waals surface area (Å²) >= 11 is 0. The van der Waals surface area contributed by atoms with Gasteiger partial charge >= 0.3 is 0 Å². The molecule has 1 unspecified atom stereocenters. The van der Waals surface area contributed by atoms with E-state index >= 15 is 0 Å². The van der Waals surface area contributed by atoms with Crippen LogP contribution in [0.4, 0.5) is 0 Å². The van der Waals surface area contributed by atoms with Crippen molar-refractivity contribution in [2.24, 2.45) is 0 Å². The Morgan fingerprint density at radius 3 is 2.50 bits per heavy atom. The van der Waals surface area contributed by atoms with Gasteiger partial charge in [0.25, 0.3) is 5.91 Å². The molecule has 24 heavy (non-hydrogen) atoms. The molecule has 0 radical (unpaired) electrons. The Morgan fingerprint density at radius 1 is 1.25 bits per heavy atom. The molecule has 0 aliphatic heterocycles. The van der Waals surface area contributed by atoms with E-state index in [1.165, 1.54) is 4.90 Å². The van der Waals surface area contributed by atoms with Gasteiger partial charge in [0.15, 0.2) is 9.84 Å². The minimum atomic E-state index is -3.17. The molecule has 0 N–H and O–H groups in total. The van der Waals surface area contributed by atoms with Crippen LogP contribution in [0.2, 0.25) is 0 Å². The zero-order chi connectivity index (χ0) is 17.7. The molecule has 0 saturated heterocycles. The number of benzene rings is 1. The number of nitrogens with zero attached hydrogens (tertiary/aromatic N) is 2. The summed E-state index contributed by atoms with van der Waals surface area (Å²) in [5, 5.41) is 3.93. The molecule has 2 rings (SSSR count). The Bertz CT molecular complexity index is 784. The summed E-state index contributed by atoms with van der Waals surface area (Å²) in [6, 6.07) is 10.5. The maximum Gasteiger partial charge on any atom is 0.292 e. The van der Waals surface area contributed by atoms with Crippen molar-refractivity contribution in [3.63, 3.8) is 0 Å². The molecule has 0 aliphatic carbocycles. The summed E-state index contributed by atoms with van der Waals surface area (Å²) in [7, 11) is -3.17. The van der Waals surface area contributed by atoms with Crippen molar-refractivity contribution in [3.05, 3.63) is 42.2 Å². The number of sulfone groups is 1. The van der Waals surface area contributed by atoms with Crippen LogP contribution in [0.15, 0.2) is 40.9 Å². The monoisotopic (exact) mass is 350 g/mol. The summed E-state index contributed by atoms with van der Waals surface area (Å²) in [5.74, 6) is -0.255. The molecule has 1 aromatic carbocycles. The summed E-state index contributed by atoms with van der Waals surface area (Å²) in [5.41, 5.74) is 1.42. The highest BCUT2D eigenvalue weighted by Gasteiger charge is 2.26. The lowest BCUT2D eigenvalue weighted by Gasteiger charge is -2.26. The number of carbonyl (C=O) groups excluding carboxylic acids is 1. The van der Waals surface area contributed by atoms with Gasteiger partial charge in [-0.25, -0.2) is 8.42 Å². The van der Waals surface area contributed by atoms with Crippen molar-refractivity contribution in [3.8, 4) is 11.3 Å². The SMILES string of the molecule is CCN(C(=O)c1cc(-c2ccccc2)no1)C(C)CS(=O)(=O)CC. The average Bonchev–Trinajstić information content (AvgIpc) is 3.06. The zero-order valence-electron chi connectivity index (χ0n) is 14.1. The molecule has 0 aliphatic rings. The summed E-state index contributed by atoms with van der Waals surface area (Å²) in [6.07, 6.45) is 0. The number of rotatable bonds is 7. The van der Waals surface area contributed by atoms with E-state index in [1.807, 2.05) is 30.3 Å². The minimum absolute atomic E-state index is 0.0591. The fourth-order valence-corrected chi connectivity index (χ4v) is 3.64. The molecule has 6 nitrogen and oxygen atoms in total.